The lowest BCUT2D eigenvalue weighted by Crippen LogP contribution is -1.96. The number of fused-ring (bicyclic) bond motifs is 1. The van der Waals surface area contributed by atoms with Crippen molar-refractivity contribution in [1.29, 1.82) is 0 Å². The van der Waals surface area contributed by atoms with E-state index in [4.69, 9.17) is 14.9 Å². The number of nitrogen functional groups attached to an aromatic ring is 1. The molecule has 102 valence electrons. The van der Waals surface area contributed by atoms with Crippen molar-refractivity contribution in [1.82, 2.24) is 4.98 Å². The molecule has 0 bridgehead atoms. The Hall–Kier alpha value is -2.49. The first-order valence-corrected chi connectivity index (χ1v) is 6.61. The molecule has 4 nitrogen and oxygen atoms in total. The summed E-state index contributed by atoms with van der Waals surface area (Å²) in [6, 6.07) is 13.4. The van der Waals surface area contributed by atoms with Gasteiger partial charge in [-0.25, -0.2) is 4.98 Å². The molecule has 1 aromatic heterocycles. The molecule has 0 atom stereocenters. The van der Waals surface area contributed by atoms with Crippen LogP contribution in [-0.2, 0) is 13.0 Å². The van der Waals surface area contributed by atoms with Crippen LogP contribution in [0.2, 0.25) is 0 Å². The standard InChI is InChI=1S/C16H16N2O2/c1-2-11-4-3-5-13(8-11)19-10-16-18-14-9-12(17)6-7-15(14)20-16/h3-9H,2,10,17H2,1H3. The summed E-state index contributed by atoms with van der Waals surface area (Å²) in [5, 5.41) is 0. The molecule has 3 rings (SSSR count). The Morgan fingerprint density at radius 3 is 2.95 bits per heavy atom. The monoisotopic (exact) mass is 268 g/mol. The summed E-state index contributed by atoms with van der Waals surface area (Å²) < 4.78 is 11.3. The number of aryl methyl sites for hydroxylation is 1. The zero-order valence-corrected chi connectivity index (χ0v) is 11.3. The third-order valence-electron chi connectivity index (χ3n) is 3.12. The number of ether oxygens (including phenoxy) is 1. The van der Waals surface area contributed by atoms with E-state index in [2.05, 4.69) is 18.0 Å². The summed E-state index contributed by atoms with van der Waals surface area (Å²) in [4.78, 5) is 4.36. The highest BCUT2D eigenvalue weighted by molar-refractivity contribution is 5.76. The van der Waals surface area contributed by atoms with Crippen molar-refractivity contribution in [3.05, 3.63) is 53.9 Å². The largest absolute Gasteiger partial charge is 0.484 e. The molecule has 0 fully saturated rings. The average molecular weight is 268 g/mol. The van der Waals surface area contributed by atoms with E-state index in [-0.39, 0.29) is 0 Å². The van der Waals surface area contributed by atoms with Crippen molar-refractivity contribution in [2.24, 2.45) is 0 Å². The quantitative estimate of drug-likeness (QED) is 0.735. The van der Waals surface area contributed by atoms with Gasteiger partial charge in [-0.15, -0.1) is 0 Å². The van der Waals surface area contributed by atoms with E-state index in [0.29, 0.717) is 18.2 Å². The third kappa shape index (κ3) is 2.59. The minimum absolute atomic E-state index is 0.307. The molecule has 20 heavy (non-hydrogen) atoms. The Labute approximate surface area is 117 Å². The van der Waals surface area contributed by atoms with Gasteiger partial charge in [-0.1, -0.05) is 19.1 Å². The Morgan fingerprint density at radius 1 is 1.20 bits per heavy atom. The number of hydrogen-bond acceptors (Lipinski definition) is 4. The van der Waals surface area contributed by atoms with Gasteiger partial charge in [0.15, 0.2) is 12.2 Å². The summed E-state index contributed by atoms with van der Waals surface area (Å²) >= 11 is 0. The molecule has 0 amide bonds. The Balaban J connectivity index is 1.76. The molecule has 2 N–H and O–H groups in total. The van der Waals surface area contributed by atoms with Crippen LogP contribution in [0, 0.1) is 0 Å². The highest BCUT2D eigenvalue weighted by atomic mass is 16.5. The number of nitrogens with zero attached hydrogens (tertiary/aromatic N) is 1. The van der Waals surface area contributed by atoms with E-state index in [0.717, 1.165) is 23.3 Å². The van der Waals surface area contributed by atoms with Crippen molar-refractivity contribution in [2.75, 3.05) is 5.73 Å². The minimum atomic E-state index is 0.307. The first-order valence-electron chi connectivity index (χ1n) is 6.61. The highest BCUT2D eigenvalue weighted by Gasteiger charge is 2.06. The predicted octanol–water partition coefficient (Wildman–Crippen LogP) is 3.55. The fraction of sp³-hybridized carbons (Fsp3) is 0.188. The number of nitrogens with two attached hydrogens (primary N) is 1. The minimum Gasteiger partial charge on any atom is -0.484 e. The second kappa shape index (κ2) is 5.25. The van der Waals surface area contributed by atoms with Gasteiger partial charge in [0.2, 0.25) is 5.89 Å². The lowest BCUT2D eigenvalue weighted by Gasteiger charge is -2.04. The molecular weight excluding hydrogens is 252 g/mol. The maximum Gasteiger partial charge on any atom is 0.233 e. The van der Waals surface area contributed by atoms with E-state index in [1.165, 1.54) is 5.56 Å². The zero-order chi connectivity index (χ0) is 13.9. The topological polar surface area (TPSA) is 61.3 Å². The predicted molar refractivity (Wildman–Crippen MR) is 78.6 cm³/mol. The molecule has 0 aliphatic carbocycles. The van der Waals surface area contributed by atoms with Crippen LogP contribution in [0.5, 0.6) is 5.75 Å². The van der Waals surface area contributed by atoms with Crippen molar-refractivity contribution < 1.29 is 9.15 Å². The summed E-state index contributed by atoms with van der Waals surface area (Å²) in [6.45, 7) is 2.42. The fourth-order valence-electron chi connectivity index (χ4n) is 2.05. The van der Waals surface area contributed by atoms with Crippen LogP contribution < -0.4 is 10.5 Å². The molecule has 0 saturated carbocycles. The maximum atomic E-state index is 5.72. The smallest absolute Gasteiger partial charge is 0.233 e. The summed E-state index contributed by atoms with van der Waals surface area (Å²) in [6.07, 6.45) is 0.985. The van der Waals surface area contributed by atoms with Crippen LogP contribution in [-0.4, -0.2) is 4.98 Å². The maximum absolute atomic E-state index is 5.72. The van der Waals surface area contributed by atoms with Crippen LogP contribution in [0.15, 0.2) is 46.9 Å². The van der Waals surface area contributed by atoms with Gasteiger partial charge in [0.05, 0.1) is 0 Å². The molecule has 0 radical (unpaired) electrons. The van der Waals surface area contributed by atoms with Crippen LogP contribution in [0.3, 0.4) is 0 Å². The van der Waals surface area contributed by atoms with Crippen molar-refractivity contribution in [3.63, 3.8) is 0 Å². The number of hydrogen-bond donors (Lipinski definition) is 1. The Kier molecular flexibility index (Phi) is 3.29. The molecule has 0 aliphatic rings. The SMILES string of the molecule is CCc1cccc(OCc2nc3cc(N)ccc3o2)c1. The molecule has 3 aromatic rings. The van der Waals surface area contributed by atoms with Crippen LogP contribution in [0.4, 0.5) is 5.69 Å². The van der Waals surface area contributed by atoms with Crippen molar-refractivity contribution >= 4 is 16.8 Å². The molecule has 0 spiro atoms. The average Bonchev–Trinajstić information content (AvgIpc) is 2.87. The van der Waals surface area contributed by atoms with Gasteiger partial charge in [-0.2, -0.15) is 0 Å². The zero-order valence-electron chi connectivity index (χ0n) is 11.3. The van der Waals surface area contributed by atoms with Gasteiger partial charge in [0.1, 0.15) is 11.3 Å². The van der Waals surface area contributed by atoms with Gasteiger partial charge < -0.3 is 14.9 Å². The van der Waals surface area contributed by atoms with Crippen molar-refractivity contribution in [2.45, 2.75) is 20.0 Å². The van der Waals surface area contributed by atoms with E-state index < -0.39 is 0 Å². The third-order valence-corrected chi connectivity index (χ3v) is 3.12. The lowest BCUT2D eigenvalue weighted by atomic mass is 10.2. The van der Waals surface area contributed by atoms with Gasteiger partial charge in [-0.3, -0.25) is 0 Å². The lowest BCUT2D eigenvalue weighted by molar-refractivity contribution is 0.267. The van der Waals surface area contributed by atoms with Crippen LogP contribution in [0.25, 0.3) is 11.1 Å². The molecule has 0 aliphatic heterocycles. The van der Waals surface area contributed by atoms with Crippen LogP contribution >= 0.6 is 0 Å². The molecule has 0 saturated heterocycles. The summed E-state index contributed by atoms with van der Waals surface area (Å²) in [5.41, 5.74) is 9.11. The van der Waals surface area contributed by atoms with Crippen LogP contribution in [0.1, 0.15) is 18.4 Å². The first kappa shape index (κ1) is 12.5. The Morgan fingerprint density at radius 2 is 2.10 bits per heavy atom. The van der Waals surface area contributed by atoms with Gasteiger partial charge in [0, 0.05) is 5.69 Å². The second-order valence-corrected chi connectivity index (χ2v) is 4.62. The van der Waals surface area contributed by atoms with E-state index in [1.807, 2.05) is 24.3 Å². The number of anilines is 1. The summed E-state index contributed by atoms with van der Waals surface area (Å²) in [5.74, 6) is 1.37. The number of aromatic nitrogens is 1. The molecule has 1 heterocycles. The number of oxazole rings is 1. The first-order chi connectivity index (χ1) is 9.74. The Bertz CT molecular complexity index is 734. The normalized spacial score (nSPS) is 10.8. The molecule has 4 heteroatoms. The van der Waals surface area contributed by atoms with Crippen molar-refractivity contribution in [3.8, 4) is 5.75 Å². The van der Waals surface area contributed by atoms with E-state index in [1.54, 1.807) is 12.1 Å². The number of rotatable bonds is 4. The fourth-order valence-corrected chi connectivity index (χ4v) is 2.05. The molecule has 0 unspecified atom stereocenters. The molecular formula is C16H16N2O2. The summed E-state index contributed by atoms with van der Waals surface area (Å²) in [7, 11) is 0. The second-order valence-electron chi connectivity index (χ2n) is 4.62. The van der Waals surface area contributed by atoms with Gasteiger partial charge >= 0.3 is 0 Å². The highest BCUT2D eigenvalue weighted by Crippen LogP contribution is 2.20. The van der Waals surface area contributed by atoms with E-state index in [9.17, 15) is 0 Å². The molecule has 2 aromatic carbocycles. The van der Waals surface area contributed by atoms with E-state index >= 15 is 0 Å². The van der Waals surface area contributed by atoms with Gasteiger partial charge in [-0.05, 0) is 42.3 Å². The van der Waals surface area contributed by atoms with Gasteiger partial charge in [0.25, 0.3) is 0 Å². The number of benzene rings is 2.